The van der Waals surface area contributed by atoms with Gasteiger partial charge in [0, 0.05) is 26.5 Å². The fourth-order valence-electron chi connectivity index (χ4n) is 2.95. The van der Waals surface area contributed by atoms with Gasteiger partial charge in [-0.05, 0) is 43.7 Å². The van der Waals surface area contributed by atoms with Gasteiger partial charge in [0.15, 0.2) is 6.10 Å². The van der Waals surface area contributed by atoms with Gasteiger partial charge in [0.2, 0.25) is 0 Å². The number of aromatic nitrogens is 1. The number of rotatable bonds is 8. The minimum atomic E-state index is -1.12. The Balaban J connectivity index is 1.65. The summed E-state index contributed by atoms with van der Waals surface area (Å²) in [4.78, 5) is 54.8. The van der Waals surface area contributed by atoms with Gasteiger partial charge in [-0.1, -0.05) is 11.6 Å². The number of imide groups is 1. The van der Waals surface area contributed by atoms with Crippen molar-refractivity contribution in [3.63, 3.8) is 0 Å². The number of ether oxygens (including phenoxy) is 2. The molecule has 31 heavy (non-hydrogen) atoms. The number of pyridine rings is 1. The van der Waals surface area contributed by atoms with Crippen molar-refractivity contribution in [2.75, 3.05) is 25.6 Å². The maximum Gasteiger partial charge on any atom is 0.338 e. The molecule has 1 N–H and O–H groups in total. The van der Waals surface area contributed by atoms with Crippen LogP contribution < -0.4 is 5.32 Å². The number of carbonyl (C=O) groups is 4. The first-order chi connectivity index (χ1) is 14.8. The maximum absolute atomic E-state index is 12.6. The molecule has 2 aromatic rings. The Labute approximate surface area is 183 Å². The fourth-order valence-corrected chi connectivity index (χ4v) is 3.06. The summed E-state index contributed by atoms with van der Waals surface area (Å²) in [6.07, 6.45) is 0.752. The Morgan fingerprint density at radius 2 is 1.90 bits per heavy atom. The van der Waals surface area contributed by atoms with Crippen LogP contribution in [0.2, 0.25) is 5.02 Å². The summed E-state index contributed by atoms with van der Waals surface area (Å²) in [6, 6.07) is 7.17. The zero-order valence-corrected chi connectivity index (χ0v) is 17.6. The first-order valence-electron chi connectivity index (χ1n) is 9.44. The second kappa shape index (κ2) is 9.67. The van der Waals surface area contributed by atoms with Gasteiger partial charge in [-0.3, -0.25) is 19.3 Å². The monoisotopic (exact) mass is 445 g/mol. The molecule has 1 atom stereocenters. The van der Waals surface area contributed by atoms with E-state index in [4.69, 9.17) is 21.1 Å². The molecule has 0 spiro atoms. The molecule has 9 nitrogen and oxygen atoms in total. The molecule has 1 aromatic carbocycles. The number of nitrogens with one attached hydrogen (secondary N) is 1. The summed E-state index contributed by atoms with van der Waals surface area (Å²) in [5.41, 5.74) is 0.404. The van der Waals surface area contributed by atoms with E-state index < -0.39 is 29.8 Å². The number of nitrogens with zero attached hydrogens (tertiary/aromatic N) is 2. The predicted molar refractivity (Wildman–Crippen MR) is 111 cm³/mol. The molecule has 2 heterocycles. The summed E-state index contributed by atoms with van der Waals surface area (Å²) >= 11 is 5.75. The second-order valence-electron chi connectivity index (χ2n) is 6.77. The Hall–Kier alpha value is -3.30. The van der Waals surface area contributed by atoms with Gasteiger partial charge in [-0.25, -0.2) is 9.78 Å². The van der Waals surface area contributed by atoms with E-state index >= 15 is 0 Å². The summed E-state index contributed by atoms with van der Waals surface area (Å²) < 4.78 is 10.1. The van der Waals surface area contributed by atoms with Crippen LogP contribution in [0, 0.1) is 0 Å². The molecule has 1 aliphatic rings. The minimum absolute atomic E-state index is 0.0582. The molecule has 0 radical (unpaired) electrons. The summed E-state index contributed by atoms with van der Waals surface area (Å²) in [6.45, 7) is 2.04. The third-order valence-corrected chi connectivity index (χ3v) is 4.79. The van der Waals surface area contributed by atoms with Gasteiger partial charge < -0.3 is 14.8 Å². The minimum Gasteiger partial charge on any atom is -0.449 e. The standard InChI is InChI=1S/C21H20ClN3O6/c1-12(18(26)24-17-7-5-14(22)11-23-17)31-21(29)13-4-6-15-16(10-13)20(28)25(19(15)27)8-3-9-30-2/h4-7,10-12H,3,8-9H2,1-2H3,(H,23,24,26). The predicted octanol–water partition coefficient (Wildman–Crippen LogP) is 2.55. The molecule has 1 unspecified atom stereocenters. The lowest BCUT2D eigenvalue weighted by Crippen LogP contribution is -2.31. The van der Waals surface area contributed by atoms with Crippen molar-refractivity contribution >= 4 is 41.1 Å². The van der Waals surface area contributed by atoms with Crippen molar-refractivity contribution < 1.29 is 28.7 Å². The number of carbonyl (C=O) groups excluding carboxylic acids is 4. The number of hydrogen-bond donors (Lipinski definition) is 1. The first-order valence-corrected chi connectivity index (χ1v) is 9.82. The number of methoxy groups -OCH3 is 1. The highest BCUT2D eigenvalue weighted by Gasteiger charge is 2.35. The van der Waals surface area contributed by atoms with E-state index in [2.05, 4.69) is 10.3 Å². The van der Waals surface area contributed by atoms with E-state index in [1.807, 2.05) is 0 Å². The molecule has 1 aromatic heterocycles. The van der Waals surface area contributed by atoms with Gasteiger partial charge in [0.25, 0.3) is 17.7 Å². The van der Waals surface area contributed by atoms with Gasteiger partial charge in [-0.2, -0.15) is 0 Å². The molecule has 0 fully saturated rings. The molecule has 0 bridgehead atoms. The van der Waals surface area contributed by atoms with Crippen molar-refractivity contribution in [2.45, 2.75) is 19.4 Å². The fraction of sp³-hybridized carbons (Fsp3) is 0.286. The Morgan fingerprint density at radius 3 is 2.58 bits per heavy atom. The number of hydrogen-bond acceptors (Lipinski definition) is 7. The van der Waals surface area contributed by atoms with Crippen molar-refractivity contribution in [2.24, 2.45) is 0 Å². The third-order valence-electron chi connectivity index (χ3n) is 4.57. The van der Waals surface area contributed by atoms with Crippen molar-refractivity contribution in [1.82, 2.24) is 9.88 Å². The second-order valence-corrected chi connectivity index (χ2v) is 7.20. The van der Waals surface area contributed by atoms with Gasteiger partial charge in [-0.15, -0.1) is 0 Å². The zero-order valence-electron chi connectivity index (χ0n) is 16.9. The Morgan fingerprint density at radius 1 is 1.16 bits per heavy atom. The van der Waals surface area contributed by atoms with Crippen molar-refractivity contribution in [1.29, 1.82) is 0 Å². The van der Waals surface area contributed by atoms with Gasteiger partial charge in [0.05, 0.1) is 21.7 Å². The number of esters is 1. The Bertz CT molecular complexity index is 1020. The van der Waals surface area contributed by atoms with Crippen LogP contribution in [0.3, 0.4) is 0 Å². The van der Waals surface area contributed by atoms with E-state index in [9.17, 15) is 19.2 Å². The number of halogens is 1. The average molecular weight is 446 g/mol. The van der Waals surface area contributed by atoms with Crippen LogP contribution in [0.25, 0.3) is 0 Å². The van der Waals surface area contributed by atoms with Crippen molar-refractivity contribution in [3.8, 4) is 0 Å². The smallest absolute Gasteiger partial charge is 0.338 e. The number of benzene rings is 1. The molecule has 3 amide bonds. The molecular formula is C21H20ClN3O6. The SMILES string of the molecule is COCCCN1C(=O)c2ccc(C(=O)OC(C)C(=O)Nc3ccc(Cl)cn3)cc2C1=O. The largest absolute Gasteiger partial charge is 0.449 e. The highest BCUT2D eigenvalue weighted by Crippen LogP contribution is 2.24. The van der Waals surface area contributed by atoms with E-state index in [0.717, 1.165) is 4.90 Å². The van der Waals surface area contributed by atoms with Crippen LogP contribution >= 0.6 is 11.6 Å². The molecule has 162 valence electrons. The summed E-state index contributed by atoms with van der Waals surface area (Å²) in [5.74, 6) is -2.02. The quantitative estimate of drug-likeness (QED) is 0.377. The van der Waals surface area contributed by atoms with Crippen LogP contribution in [0.4, 0.5) is 5.82 Å². The highest BCUT2D eigenvalue weighted by molar-refractivity contribution is 6.30. The number of fused-ring (bicyclic) bond motifs is 1. The molecule has 0 saturated carbocycles. The first kappa shape index (κ1) is 22.4. The number of anilines is 1. The van der Waals surface area contributed by atoms with E-state index in [1.54, 1.807) is 6.07 Å². The highest BCUT2D eigenvalue weighted by atomic mass is 35.5. The van der Waals surface area contributed by atoms with Crippen LogP contribution in [0.1, 0.15) is 44.4 Å². The lowest BCUT2D eigenvalue weighted by Gasteiger charge is -2.13. The Kier molecular flexibility index (Phi) is 6.98. The molecule has 0 aliphatic carbocycles. The maximum atomic E-state index is 12.6. The topological polar surface area (TPSA) is 115 Å². The van der Waals surface area contributed by atoms with E-state index in [0.29, 0.717) is 18.1 Å². The van der Waals surface area contributed by atoms with Crippen molar-refractivity contribution in [3.05, 3.63) is 58.2 Å². The average Bonchev–Trinajstić information content (AvgIpc) is 2.99. The molecule has 0 saturated heterocycles. The molecule has 10 heteroatoms. The van der Waals surface area contributed by atoms with Gasteiger partial charge >= 0.3 is 5.97 Å². The zero-order chi connectivity index (χ0) is 22.5. The van der Waals surface area contributed by atoms with Crippen LogP contribution in [-0.2, 0) is 14.3 Å². The van der Waals surface area contributed by atoms with Crippen LogP contribution in [0.5, 0.6) is 0 Å². The molecular weight excluding hydrogens is 426 g/mol. The van der Waals surface area contributed by atoms with Crippen LogP contribution in [0.15, 0.2) is 36.5 Å². The lowest BCUT2D eigenvalue weighted by molar-refractivity contribution is -0.123. The van der Waals surface area contributed by atoms with Gasteiger partial charge in [0.1, 0.15) is 5.82 Å². The normalized spacial score (nSPS) is 13.7. The summed E-state index contributed by atoms with van der Waals surface area (Å²) in [5, 5.41) is 2.92. The number of amides is 3. The van der Waals surface area contributed by atoms with E-state index in [-0.39, 0.29) is 29.1 Å². The molecule has 3 rings (SSSR count). The molecule has 1 aliphatic heterocycles. The summed E-state index contributed by atoms with van der Waals surface area (Å²) in [7, 11) is 1.54. The third kappa shape index (κ3) is 5.07. The van der Waals surface area contributed by atoms with Crippen LogP contribution in [-0.4, -0.2) is 59.9 Å². The lowest BCUT2D eigenvalue weighted by atomic mass is 10.1. The van der Waals surface area contributed by atoms with E-state index in [1.165, 1.54) is 44.5 Å².